The average Bonchev–Trinajstić information content (AvgIpc) is 2.06. The van der Waals surface area contributed by atoms with Gasteiger partial charge in [-0.25, -0.2) is 0 Å². The van der Waals surface area contributed by atoms with Crippen LogP contribution in [0.5, 0.6) is 0 Å². The Labute approximate surface area is 77.1 Å². The van der Waals surface area contributed by atoms with Crippen molar-refractivity contribution in [1.29, 1.82) is 0 Å². The number of likely N-dealkylation sites (tertiary alicyclic amines) is 1. The highest BCUT2D eigenvalue weighted by Crippen LogP contribution is 2.39. The molecule has 1 unspecified atom stereocenters. The molecule has 1 saturated heterocycles. The number of hydrogen-bond acceptors (Lipinski definition) is 1. The zero-order valence-electron chi connectivity index (χ0n) is 9.44. The van der Waals surface area contributed by atoms with Gasteiger partial charge in [0, 0.05) is 11.6 Å². The quantitative estimate of drug-likeness (QED) is 0.539. The van der Waals surface area contributed by atoms with Crippen LogP contribution in [0.1, 0.15) is 48.0 Å². The van der Waals surface area contributed by atoms with Crippen LogP contribution in [0.25, 0.3) is 0 Å². The molecule has 0 bridgehead atoms. The van der Waals surface area contributed by atoms with Crippen LogP contribution in [0, 0.1) is 5.41 Å². The van der Waals surface area contributed by atoms with Gasteiger partial charge in [0.1, 0.15) is 0 Å². The lowest BCUT2D eigenvalue weighted by atomic mass is 9.85. The maximum Gasteiger partial charge on any atom is 0.0128 e. The molecule has 0 saturated carbocycles. The molecule has 0 aromatic carbocycles. The SMILES string of the molecule is CC1N(C(C)(C)C)CCC1(C)C. The predicted octanol–water partition coefficient (Wildman–Crippen LogP) is 2.91. The second-order valence-electron chi connectivity index (χ2n) is 5.78. The minimum Gasteiger partial charge on any atom is -0.295 e. The summed E-state index contributed by atoms with van der Waals surface area (Å²) in [5.41, 5.74) is 0.848. The molecule has 1 aliphatic rings. The Kier molecular flexibility index (Phi) is 2.28. The Morgan fingerprint density at radius 2 is 1.75 bits per heavy atom. The van der Waals surface area contributed by atoms with Gasteiger partial charge in [0.25, 0.3) is 0 Å². The Morgan fingerprint density at radius 1 is 1.25 bits per heavy atom. The fourth-order valence-electron chi connectivity index (χ4n) is 2.15. The molecule has 0 amide bonds. The molecule has 12 heavy (non-hydrogen) atoms. The van der Waals surface area contributed by atoms with Crippen LogP contribution in [0.2, 0.25) is 0 Å². The largest absolute Gasteiger partial charge is 0.295 e. The first-order valence-electron chi connectivity index (χ1n) is 5.02. The van der Waals surface area contributed by atoms with Gasteiger partial charge in [-0.1, -0.05) is 13.8 Å². The van der Waals surface area contributed by atoms with E-state index in [1.165, 1.54) is 13.0 Å². The van der Waals surface area contributed by atoms with E-state index in [4.69, 9.17) is 0 Å². The Morgan fingerprint density at radius 3 is 1.92 bits per heavy atom. The van der Waals surface area contributed by atoms with Crippen molar-refractivity contribution in [2.75, 3.05) is 6.54 Å². The smallest absolute Gasteiger partial charge is 0.0128 e. The van der Waals surface area contributed by atoms with E-state index in [-0.39, 0.29) is 0 Å². The van der Waals surface area contributed by atoms with Gasteiger partial charge in [-0.3, -0.25) is 4.90 Å². The number of rotatable bonds is 0. The van der Waals surface area contributed by atoms with Crippen LogP contribution < -0.4 is 0 Å². The van der Waals surface area contributed by atoms with Crippen molar-refractivity contribution < 1.29 is 0 Å². The van der Waals surface area contributed by atoms with Gasteiger partial charge < -0.3 is 0 Å². The van der Waals surface area contributed by atoms with E-state index in [2.05, 4.69) is 46.4 Å². The summed E-state index contributed by atoms with van der Waals surface area (Å²) in [6, 6.07) is 0.720. The molecule has 1 heterocycles. The molecular weight excluding hydrogens is 146 g/mol. The van der Waals surface area contributed by atoms with Crippen molar-refractivity contribution in [3.63, 3.8) is 0 Å². The van der Waals surface area contributed by atoms with Gasteiger partial charge >= 0.3 is 0 Å². The summed E-state index contributed by atoms with van der Waals surface area (Å²) in [6.07, 6.45) is 1.34. The van der Waals surface area contributed by atoms with Crippen LogP contribution in [0.3, 0.4) is 0 Å². The normalized spacial score (nSPS) is 31.0. The minimum absolute atomic E-state index is 0.340. The molecule has 1 fully saturated rings. The van der Waals surface area contributed by atoms with Crippen LogP contribution in [0.15, 0.2) is 0 Å². The molecule has 1 rings (SSSR count). The number of hydrogen-bond donors (Lipinski definition) is 0. The molecule has 0 aromatic rings. The van der Waals surface area contributed by atoms with E-state index < -0.39 is 0 Å². The molecule has 1 aliphatic heterocycles. The van der Waals surface area contributed by atoms with E-state index in [0.29, 0.717) is 11.0 Å². The summed E-state index contributed by atoms with van der Waals surface area (Å²) in [5, 5.41) is 0. The first-order chi connectivity index (χ1) is 5.25. The van der Waals surface area contributed by atoms with Crippen LogP contribution in [0.4, 0.5) is 0 Å². The zero-order chi connectivity index (χ0) is 9.57. The first kappa shape index (κ1) is 10.0. The highest BCUT2D eigenvalue weighted by Gasteiger charge is 2.41. The molecule has 1 nitrogen and oxygen atoms in total. The summed E-state index contributed by atoms with van der Waals surface area (Å²) in [4.78, 5) is 2.62. The van der Waals surface area contributed by atoms with E-state index in [1.807, 2.05) is 0 Å². The third-order valence-corrected chi connectivity index (χ3v) is 3.46. The van der Waals surface area contributed by atoms with Gasteiger partial charge in [-0.15, -0.1) is 0 Å². The molecule has 1 heteroatoms. The summed E-state index contributed by atoms with van der Waals surface area (Å²) < 4.78 is 0. The second kappa shape index (κ2) is 2.73. The van der Waals surface area contributed by atoms with E-state index in [0.717, 1.165) is 6.04 Å². The maximum atomic E-state index is 2.62. The summed E-state index contributed by atoms with van der Waals surface area (Å²) in [7, 11) is 0. The Balaban J connectivity index is 2.74. The minimum atomic E-state index is 0.340. The Hall–Kier alpha value is -0.0400. The molecule has 0 aliphatic carbocycles. The summed E-state index contributed by atoms with van der Waals surface area (Å²) >= 11 is 0. The van der Waals surface area contributed by atoms with Crippen molar-refractivity contribution in [3.8, 4) is 0 Å². The molecule has 1 atom stereocenters. The van der Waals surface area contributed by atoms with E-state index in [9.17, 15) is 0 Å². The molecule has 0 radical (unpaired) electrons. The fourth-order valence-corrected chi connectivity index (χ4v) is 2.15. The van der Waals surface area contributed by atoms with Crippen LogP contribution >= 0.6 is 0 Å². The highest BCUT2D eigenvalue weighted by molar-refractivity contribution is 4.95. The lowest BCUT2D eigenvalue weighted by Gasteiger charge is -2.38. The molecule has 0 spiro atoms. The monoisotopic (exact) mass is 169 g/mol. The van der Waals surface area contributed by atoms with Gasteiger partial charge in [-0.05, 0) is 46.1 Å². The third-order valence-electron chi connectivity index (χ3n) is 3.46. The summed E-state index contributed by atoms with van der Waals surface area (Å²) in [5.74, 6) is 0. The second-order valence-corrected chi connectivity index (χ2v) is 5.78. The summed E-state index contributed by atoms with van der Waals surface area (Å²) in [6.45, 7) is 15.3. The first-order valence-corrected chi connectivity index (χ1v) is 5.02. The highest BCUT2D eigenvalue weighted by atomic mass is 15.2. The average molecular weight is 169 g/mol. The van der Waals surface area contributed by atoms with Crippen molar-refractivity contribution in [2.24, 2.45) is 5.41 Å². The van der Waals surface area contributed by atoms with Gasteiger partial charge in [0.2, 0.25) is 0 Å². The van der Waals surface area contributed by atoms with Crippen LogP contribution in [-0.4, -0.2) is 23.0 Å². The lowest BCUT2D eigenvalue weighted by Crippen LogP contribution is -2.46. The molecule has 0 aromatic heterocycles. The lowest BCUT2D eigenvalue weighted by molar-refractivity contribution is 0.0978. The zero-order valence-corrected chi connectivity index (χ0v) is 9.44. The molecule has 0 N–H and O–H groups in total. The van der Waals surface area contributed by atoms with Gasteiger partial charge in [0.05, 0.1) is 0 Å². The van der Waals surface area contributed by atoms with Crippen molar-refractivity contribution in [3.05, 3.63) is 0 Å². The standard InChI is InChI=1S/C11H23N/c1-9-11(5,6)7-8-12(9)10(2,3)4/h9H,7-8H2,1-6H3. The number of nitrogens with zero attached hydrogens (tertiary/aromatic N) is 1. The maximum absolute atomic E-state index is 2.62. The third kappa shape index (κ3) is 1.66. The van der Waals surface area contributed by atoms with E-state index in [1.54, 1.807) is 0 Å². The Bertz CT molecular complexity index is 164. The predicted molar refractivity (Wildman–Crippen MR) is 54.3 cm³/mol. The van der Waals surface area contributed by atoms with Crippen LogP contribution in [-0.2, 0) is 0 Å². The van der Waals surface area contributed by atoms with E-state index >= 15 is 0 Å². The fraction of sp³-hybridized carbons (Fsp3) is 1.00. The molecule has 72 valence electrons. The van der Waals surface area contributed by atoms with Crippen molar-refractivity contribution in [1.82, 2.24) is 4.90 Å². The van der Waals surface area contributed by atoms with Crippen molar-refractivity contribution >= 4 is 0 Å². The molecular formula is C11H23N. The van der Waals surface area contributed by atoms with Gasteiger partial charge in [-0.2, -0.15) is 0 Å². The van der Waals surface area contributed by atoms with Crippen molar-refractivity contribution in [2.45, 2.75) is 59.5 Å². The topological polar surface area (TPSA) is 3.24 Å². The van der Waals surface area contributed by atoms with Gasteiger partial charge in [0.15, 0.2) is 0 Å².